The third-order valence-electron chi connectivity index (χ3n) is 3.69. The Morgan fingerprint density at radius 2 is 2.00 bits per heavy atom. The van der Waals surface area contributed by atoms with Gasteiger partial charge >= 0.3 is 5.97 Å². The summed E-state index contributed by atoms with van der Waals surface area (Å²) in [5, 5.41) is 6.21. The van der Waals surface area contributed by atoms with Crippen LogP contribution >= 0.6 is 23.2 Å². The van der Waals surface area contributed by atoms with E-state index in [9.17, 15) is 14.4 Å². The molecule has 1 fully saturated rings. The maximum Gasteiger partial charge on any atom is 0.312 e. The summed E-state index contributed by atoms with van der Waals surface area (Å²) < 4.78 is 4.61. The van der Waals surface area contributed by atoms with Crippen molar-refractivity contribution in [3.05, 3.63) is 28.2 Å². The van der Waals surface area contributed by atoms with Gasteiger partial charge in [0.2, 0.25) is 0 Å². The van der Waals surface area contributed by atoms with Gasteiger partial charge in [0, 0.05) is 15.7 Å². The van der Waals surface area contributed by atoms with Crippen LogP contribution in [0.15, 0.2) is 18.2 Å². The number of benzene rings is 1. The van der Waals surface area contributed by atoms with Crippen molar-refractivity contribution in [2.75, 3.05) is 32.1 Å². The summed E-state index contributed by atoms with van der Waals surface area (Å²) >= 11 is 11.8. The highest BCUT2D eigenvalue weighted by molar-refractivity contribution is 6.35. The lowest BCUT2D eigenvalue weighted by Crippen LogP contribution is -3.20. The standard InChI is InChI=1S/C15H17Cl2N3O4/c1-24-14(22)7-12-15(23)18-2-3-20(12)8-13(21)19-11-5-9(16)4-10(17)6-11/h4-6,12H,2-3,7-8H2,1H3,(H,18,23)(H,19,21)/p+1/t12-/m1/s1. The number of nitrogens with one attached hydrogen (secondary N) is 3. The van der Waals surface area contributed by atoms with Crippen molar-refractivity contribution < 1.29 is 24.0 Å². The first-order valence-corrected chi connectivity index (χ1v) is 8.09. The molecule has 7 nitrogen and oxygen atoms in total. The Bertz CT molecular complexity index is 633. The molecule has 1 saturated heterocycles. The van der Waals surface area contributed by atoms with Crippen molar-refractivity contribution >= 4 is 46.7 Å². The number of halogens is 2. The van der Waals surface area contributed by atoms with Crippen LogP contribution in [0.25, 0.3) is 0 Å². The van der Waals surface area contributed by atoms with Crippen molar-refractivity contribution in [2.45, 2.75) is 12.5 Å². The van der Waals surface area contributed by atoms with E-state index in [4.69, 9.17) is 23.2 Å². The molecule has 2 atom stereocenters. The van der Waals surface area contributed by atoms with E-state index in [1.807, 2.05) is 0 Å². The van der Waals surface area contributed by atoms with Gasteiger partial charge in [-0.25, -0.2) is 0 Å². The number of carbonyl (C=O) groups excluding carboxylic acids is 3. The molecule has 3 N–H and O–H groups in total. The Balaban J connectivity index is 2.02. The molecule has 1 unspecified atom stereocenters. The van der Waals surface area contributed by atoms with E-state index in [1.54, 1.807) is 18.2 Å². The minimum atomic E-state index is -0.653. The van der Waals surface area contributed by atoms with Gasteiger partial charge in [0.1, 0.15) is 6.42 Å². The van der Waals surface area contributed by atoms with Gasteiger partial charge in [0.25, 0.3) is 11.8 Å². The van der Waals surface area contributed by atoms with Gasteiger partial charge in [-0.2, -0.15) is 0 Å². The van der Waals surface area contributed by atoms with Crippen molar-refractivity contribution in [3.63, 3.8) is 0 Å². The first kappa shape index (κ1) is 18.5. The molecule has 0 bridgehead atoms. The van der Waals surface area contributed by atoms with Gasteiger partial charge in [0.05, 0.1) is 20.2 Å². The Kier molecular flexibility index (Phi) is 6.42. The van der Waals surface area contributed by atoms with Gasteiger partial charge in [-0.1, -0.05) is 23.2 Å². The second-order valence-electron chi connectivity index (χ2n) is 5.42. The number of esters is 1. The summed E-state index contributed by atoms with van der Waals surface area (Å²) in [5.74, 6) is -1.05. The summed E-state index contributed by atoms with van der Waals surface area (Å²) in [5.41, 5.74) is 0.475. The van der Waals surface area contributed by atoms with E-state index >= 15 is 0 Å². The number of methoxy groups -OCH3 is 1. The van der Waals surface area contributed by atoms with Gasteiger partial charge in [-0.05, 0) is 18.2 Å². The van der Waals surface area contributed by atoms with Crippen LogP contribution in [0, 0.1) is 0 Å². The molecule has 130 valence electrons. The number of ether oxygens (including phenoxy) is 1. The maximum absolute atomic E-state index is 12.2. The zero-order chi connectivity index (χ0) is 17.7. The monoisotopic (exact) mass is 374 g/mol. The predicted octanol–water partition coefficient (Wildman–Crippen LogP) is -0.122. The topological polar surface area (TPSA) is 88.9 Å². The summed E-state index contributed by atoms with van der Waals surface area (Å²) in [6.45, 7) is 1.03. The van der Waals surface area contributed by atoms with Crippen molar-refractivity contribution in [3.8, 4) is 0 Å². The van der Waals surface area contributed by atoms with Gasteiger partial charge in [-0.3, -0.25) is 14.4 Å². The second kappa shape index (κ2) is 8.32. The molecule has 0 spiro atoms. The van der Waals surface area contributed by atoms with Gasteiger partial charge in [0.15, 0.2) is 12.6 Å². The quantitative estimate of drug-likeness (QED) is 0.626. The largest absolute Gasteiger partial charge is 0.469 e. The number of amides is 2. The Morgan fingerprint density at radius 1 is 1.33 bits per heavy atom. The van der Waals surface area contributed by atoms with E-state index in [0.29, 0.717) is 33.7 Å². The predicted molar refractivity (Wildman–Crippen MR) is 89.2 cm³/mol. The molecule has 2 amide bonds. The number of carbonyl (C=O) groups is 3. The van der Waals surface area contributed by atoms with Crippen molar-refractivity contribution in [1.82, 2.24) is 5.32 Å². The zero-order valence-electron chi connectivity index (χ0n) is 13.0. The Labute approximate surface area is 149 Å². The van der Waals surface area contributed by atoms with E-state index < -0.39 is 12.0 Å². The third kappa shape index (κ3) is 5.09. The maximum atomic E-state index is 12.2. The molecule has 0 saturated carbocycles. The highest BCUT2D eigenvalue weighted by Gasteiger charge is 2.36. The molecule has 24 heavy (non-hydrogen) atoms. The number of anilines is 1. The molecule has 1 aromatic carbocycles. The minimum Gasteiger partial charge on any atom is -0.469 e. The molecular weight excluding hydrogens is 357 g/mol. The normalized spacial score (nSPS) is 20.2. The Hall–Kier alpha value is -1.83. The lowest BCUT2D eigenvalue weighted by molar-refractivity contribution is -0.909. The molecule has 0 aromatic heterocycles. The van der Waals surface area contributed by atoms with Gasteiger partial charge < -0.3 is 20.3 Å². The van der Waals surface area contributed by atoms with Crippen molar-refractivity contribution in [1.29, 1.82) is 0 Å². The molecule has 9 heteroatoms. The number of hydrogen-bond acceptors (Lipinski definition) is 4. The number of piperazine rings is 1. The molecule has 1 aromatic rings. The molecule has 2 rings (SSSR count). The summed E-state index contributed by atoms with van der Waals surface area (Å²) in [4.78, 5) is 36.4. The number of quaternary nitrogens is 1. The van der Waals surface area contributed by atoms with Crippen molar-refractivity contribution in [2.24, 2.45) is 0 Å². The molecule has 0 radical (unpaired) electrons. The summed E-state index contributed by atoms with van der Waals surface area (Å²) in [6, 6.07) is 4.07. The van der Waals surface area contributed by atoms with Crippen LogP contribution in [-0.2, 0) is 19.1 Å². The highest BCUT2D eigenvalue weighted by Crippen LogP contribution is 2.22. The number of hydrogen-bond donors (Lipinski definition) is 3. The first-order valence-electron chi connectivity index (χ1n) is 7.34. The molecular formula is C15H18Cl2N3O4+. The minimum absolute atomic E-state index is 0.0409. The van der Waals surface area contributed by atoms with Crippen LogP contribution in [0.2, 0.25) is 10.0 Å². The Morgan fingerprint density at radius 3 is 2.62 bits per heavy atom. The summed E-state index contributed by atoms with van der Waals surface area (Å²) in [7, 11) is 1.26. The average molecular weight is 375 g/mol. The smallest absolute Gasteiger partial charge is 0.312 e. The average Bonchev–Trinajstić information content (AvgIpc) is 2.49. The van der Waals surface area contributed by atoms with Crippen LogP contribution in [0.5, 0.6) is 0 Å². The van der Waals surface area contributed by atoms with Crippen LogP contribution in [-0.4, -0.2) is 50.6 Å². The fraction of sp³-hybridized carbons (Fsp3) is 0.400. The van der Waals surface area contributed by atoms with E-state index in [-0.39, 0.29) is 24.8 Å². The van der Waals surface area contributed by atoms with Crippen LogP contribution < -0.4 is 15.5 Å². The fourth-order valence-corrected chi connectivity index (χ4v) is 3.09. The molecule has 0 aliphatic carbocycles. The van der Waals surface area contributed by atoms with Gasteiger partial charge in [-0.15, -0.1) is 0 Å². The van der Waals surface area contributed by atoms with E-state index in [1.165, 1.54) is 7.11 Å². The van der Waals surface area contributed by atoms with E-state index in [2.05, 4.69) is 15.4 Å². The van der Waals surface area contributed by atoms with Crippen LogP contribution in [0.1, 0.15) is 6.42 Å². The summed E-state index contributed by atoms with van der Waals surface area (Å²) in [6.07, 6.45) is -0.0755. The fourth-order valence-electron chi connectivity index (χ4n) is 2.57. The lowest BCUT2D eigenvalue weighted by atomic mass is 10.1. The molecule has 1 aliphatic rings. The number of rotatable bonds is 5. The molecule has 1 heterocycles. The molecule has 1 aliphatic heterocycles. The lowest BCUT2D eigenvalue weighted by Gasteiger charge is -2.30. The third-order valence-corrected chi connectivity index (χ3v) is 4.12. The van der Waals surface area contributed by atoms with Crippen LogP contribution in [0.4, 0.5) is 5.69 Å². The second-order valence-corrected chi connectivity index (χ2v) is 6.29. The van der Waals surface area contributed by atoms with Crippen LogP contribution in [0.3, 0.4) is 0 Å². The SMILES string of the molecule is COC(=O)C[C@@H]1C(=O)NCC[NH+]1CC(=O)Nc1cc(Cl)cc(Cl)c1. The van der Waals surface area contributed by atoms with E-state index in [0.717, 1.165) is 0 Å². The highest BCUT2D eigenvalue weighted by atomic mass is 35.5. The first-order chi connectivity index (χ1) is 11.4. The zero-order valence-corrected chi connectivity index (χ0v) is 14.5.